The molecule has 10 unspecified atom stereocenters. The molecule has 4 aliphatic heterocycles. The first kappa shape index (κ1) is 60.0. The highest BCUT2D eigenvalue weighted by molar-refractivity contribution is 5.20. The second-order valence-electron chi connectivity index (χ2n) is 25.8. The van der Waals surface area contributed by atoms with Crippen LogP contribution < -0.4 is 0 Å². The molecule has 4 saturated heterocycles. The zero-order chi connectivity index (χ0) is 55.2. The lowest BCUT2D eigenvalue weighted by Crippen LogP contribution is -2.67. The monoisotopic (exact) mass is 1080 g/mol. The van der Waals surface area contributed by atoms with E-state index in [1.807, 2.05) is 20.8 Å². The number of allylic oxidation sites excluding steroid dienone is 2. The summed E-state index contributed by atoms with van der Waals surface area (Å²) in [6, 6.07) is 0. The first-order chi connectivity index (χ1) is 34.9. The van der Waals surface area contributed by atoms with Gasteiger partial charge in [-0.15, -0.1) is 0 Å². The van der Waals surface area contributed by atoms with Gasteiger partial charge in [0.2, 0.25) is 0 Å². The van der Waals surface area contributed by atoms with Gasteiger partial charge in [0.05, 0.1) is 43.2 Å². The second-order valence-corrected chi connectivity index (χ2v) is 25.8. The molecule has 0 amide bonds. The number of ether oxygens (including phenoxy) is 8. The van der Waals surface area contributed by atoms with Gasteiger partial charge in [-0.25, -0.2) is 0 Å². The summed E-state index contributed by atoms with van der Waals surface area (Å²) in [5, 5.41) is 142. The van der Waals surface area contributed by atoms with Gasteiger partial charge >= 0.3 is 0 Å². The first-order valence-corrected chi connectivity index (χ1v) is 27.6. The van der Waals surface area contributed by atoms with Gasteiger partial charge in [-0.05, 0) is 138 Å². The Morgan fingerprint density at radius 3 is 1.56 bits per heavy atom. The number of rotatable bonds is 14. The van der Waals surface area contributed by atoms with Crippen LogP contribution in [0.5, 0.6) is 0 Å². The molecule has 0 aromatic rings. The van der Waals surface area contributed by atoms with Gasteiger partial charge in [-0.2, -0.15) is 0 Å². The average Bonchev–Trinajstić information content (AvgIpc) is 3.75. The van der Waals surface area contributed by atoms with Crippen LogP contribution in [0.3, 0.4) is 0 Å². The SMILES string of the molecule is CC(C)=CCCC(C)(O[C@@H]1O[C@H](CO[C@@H]2O[C@H](C)[C@@H](O)[C@@H](O)[C@H]2O)[C@@H](O)[C@@H](O)[C@H]1O)C1CCC2(C)C1C(O)CC1C3(C)CCC(O[C@@H]4O[C@H](CO[C@@H]5O[C@H](C)[C@H](O)[C@@H](O)[C@H]5O)[C@@H](O)[C@@H](O)[C@H]4O)C(C)(C)C3CCC12C. The third kappa shape index (κ3) is 10.6. The number of hydrogen-bond donors (Lipinski definition) is 13. The molecule has 4 aliphatic carbocycles. The van der Waals surface area contributed by atoms with Crippen molar-refractivity contribution in [1.82, 2.24) is 0 Å². The third-order valence-corrected chi connectivity index (χ3v) is 20.8. The summed E-state index contributed by atoms with van der Waals surface area (Å²) in [6.07, 6.45) is -21.5. The van der Waals surface area contributed by atoms with Gasteiger partial charge in [0.25, 0.3) is 0 Å². The van der Waals surface area contributed by atoms with Crippen LogP contribution in [0.1, 0.15) is 127 Å². The highest BCUT2D eigenvalue weighted by atomic mass is 16.7. The summed E-state index contributed by atoms with van der Waals surface area (Å²) in [5.41, 5.74) is -1.28. The Hall–Kier alpha value is -1.10. The first-order valence-electron chi connectivity index (χ1n) is 27.6. The Kier molecular flexibility index (Phi) is 17.9. The van der Waals surface area contributed by atoms with E-state index < -0.39 is 159 Å². The Balaban J connectivity index is 0.976. The van der Waals surface area contributed by atoms with Crippen molar-refractivity contribution in [3.8, 4) is 0 Å². The van der Waals surface area contributed by atoms with E-state index in [4.69, 9.17) is 37.9 Å². The predicted octanol–water partition coefficient (Wildman–Crippen LogP) is -0.147. The van der Waals surface area contributed by atoms with Crippen molar-refractivity contribution >= 4 is 0 Å². The van der Waals surface area contributed by atoms with Gasteiger partial charge in [-0.1, -0.05) is 46.3 Å². The lowest BCUT2D eigenvalue weighted by Gasteiger charge is -2.71. The highest BCUT2D eigenvalue weighted by Gasteiger charge is 2.72. The summed E-state index contributed by atoms with van der Waals surface area (Å²) in [7, 11) is 0. The minimum Gasteiger partial charge on any atom is -0.393 e. The fraction of sp³-hybridized carbons (Fsp3) is 0.963. The van der Waals surface area contributed by atoms with Crippen LogP contribution in [0.15, 0.2) is 11.6 Å². The van der Waals surface area contributed by atoms with E-state index in [-0.39, 0.29) is 39.9 Å². The van der Waals surface area contributed by atoms with E-state index in [0.717, 1.165) is 31.3 Å². The molecule has 21 heteroatoms. The van der Waals surface area contributed by atoms with Crippen molar-refractivity contribution in [2.24, 2.45) is 45.3 Å². The van der Waals surface area contributed by atoms with Crippen LogP contribution in [-0.2, 0) is 37.9 Å². The molecule has 0 bridgehead atoms. The molecule has 13 N–H and O–H groups in total. The van der Waals surface area contributed by atoms with E-state index in [9.17, 15) is 66.4 Å². The fourth-order valence-electron chi connectivity index (χ4n) is 16.1. The molecule has 4 saturated carbocycles. The maximum absolute atomic E-state index is 12.8. The Labute approximate surface area is 441 Å². The molecule has 434 valence electrons. The summed E-state index contributed by atoms with van der Waals surface area (Å²) >= 11 is 0. The van der Waals surface area contributed by atoms with Crippen molar-refractivity contribution in [2.75, 3.05) is 13.2 Å². The van der Waals surface area contributed by atoms with E-state index in [0.29, 0.717) is 32.1 Å². The molecule has 8 fully saturated rings. The van der Waals surface area contributed by atoms with Crippen LogP contribution in [0.4, 0.5) is 0 Å². The van der Waals surface area contributed by atoms with Gasteiger partial charge in [0.15, 0.2) is 25.2 Å². The van der Waals surface area contributed by atoms with Gasteiger partial charge in [-0.3, -0.25) is 0 Å². The number of fused-ring (bicyclic) bond motifs is 5. The van der Waals surface area contributed by atoms with Crippen molar-refractivity contribution in [2.45, 2.75) is 268 Å². The maximum atomic E-state index is 12.8. The van der Waals surface area contributed by atoms with E-state index in [1.54, 1.807) is 0 Å². The number of aliphatic hydroxyl groups excluding tert-OH is 13. The minimum absolute atomic E-state index is 0.0893. The zero-order valence-electron chi connectivity index (χ0n) is 45.4. The standard InChI is InChI=1S/C54H92O21/c1-23(2)12-11-16-54(10,75-49-45(67)41(63)37(59)29(73-49)22-69-47-43(65)39(61)35(57)25(4)71-47)26-13-18-53(9)33(26)27(55)20-31-51(7)17-15-32(50(5,6)30(51)14-19-52(31,53)8)74-48-44(66)40(62)36(58)28(72-48)21-68-46-42(64)38(60)34(56)24(3)70-46/h12,24-49,55-67H,11,13-22H2,1-10H3/t24-,25-,26?,27?,28-,29-,30?,31?,32?,33?,34+,35-,36-,37-,38-,39-,40-,41-,42-,43-,44-,45-,46-,47-,48+,49+,51?,52?,53?,54?/m1/s1. The van der Waals surface area contributed by atoms with Crippen LogP contribution in [0.25, 0.3) is 0 Å². The molecule has 0 radical (unpaired) electrons. The Morgan fingerprint density at radius 1 is 0.547 bits per heavy atom. The average molecular weight is 1080 g/mol. The molecule has 21 nitrogen and oxygen atoms in total. The molecule has 0 spiro atoms. The second kappa shape index (κ2) is 22.3. The quantitative estimate of drug-likeness (QED) is 0.0795. The topological polar surface area (TPSA) is 337 Å². The normalized spacial score (nSPS) is 53.7. The molecule has 0 aromatic heterocycles. The van der Waals surface area contributed by atoms with Gasteiger partial charge in [0.1, 0.15) is 85.5 Å². The van der Waals surface area contributed by atoms with Crippen molar-refractivity contribution in [1.29, 1.82) is 0 Å². The van der Waals surface area contributed by atoms with Crippen molar-refractivity contribution < 1.29 is 104 Å². The van der Waals surface area contributed by atoms with Gasteiger partial charge in [0, 0.05) is 0 Å². The van der Waals surface area contributed by atoms with Crippen LogP contribution >= 0.6 is 0 Å². The summed E-state index contributed by atoms with van der Waals surface area (Å²) in [4.78, 5) is 0. The largest absolute Gasteiger partial charge is 0.393 e. The predicted molar refractivity (Wildman–Crippen MR) is 263 cm³/mol. The van der Waals surface area contributed by atoms with Crippen molar-refractivity contribution in [3.63, 3.8) is 0 Å². The minimum atomic E-state index is -1.70. The summed E-state index contributed by atoms with van der Waals surface area (Å²) in [5.74, 6) is -0.268. The lowest BCUT2D eigenvalue weighted by molar-refractivity contribution is -0.349. The number of aliphatic hydroxyl groups is 13. The molecule has 8 rings (SSSR count). The van der Waals surface area contributed by atoms with Crippen LogP contribution in [0.2, 0.25) is 0 Å². The summed E-state index contributed by atoms with van der Waals surface area (Å²) in [6.45, 7) is 19.6. The third-order valence-electron chi connectivity index (χ3n) is 20.8. The van der Waals surface area contributed by atoms with Crippen molar-refractivity contribution in [3.05, 3.63) is 11.6 Å². The maximum Gasteiger partial charge on any atom is 0.187 e. The zero-order valence-corrected chi connectivity index (χ0v) is 45.4. The molecule has 30 atom stereocenters. The molecule has 4 heterocycles. The smallest absolute Gasteiger partial charge is 0.187 e. The van der Waals surface area contributed by atoms with Gasteiger partial charge < -0.3 is 104 Å². The Morgan fingerprint density at radius 2 is 1.03 bits per heavy atom. The lowest BCUT2D eigenvalue weighted by atomic mass is 9.35. The molecule has 0 aromatic carbocycles. The molecule has 8 aliphatic rings. The van der Waals surface area contributed by atoms with Crippen LogP contribution in [0, 0.1) is 45.3 Å². The van der Waals surface area contributed by atoms with E-state index >= 15 is 0 Å². The molecule has 75 heavy (non-hydrogen) atoms. The Bertz CT molecular complexity index is 1960. The fourth-order valence-corrected chi connectivity index (χ4v) is 16.1. The number of hydrogen-bond acceptors (Lipinski definition) is 21. The van der Waals surface area contributed by atoms with Crippen LogP contribution in [-0.4, -0.2) is 220 Å². The molecular weight excluding hydrogens is 985 g/mol. The highest BCUT2D eigenvalue weighted by Crippen LogP contribution is 2.76. The van der Waals surface area contributed by atoms with E-state index in [2.05, 4.69) is 40.7 Å². The summed E-state index contributed by atoms with van der Waals surface area (Å²) < 4.78 is 48.6. The van der Waals surface area contributed by atoms with E-state index in [1.165, 1.54) is 13.8 Å². The molecular formula is C54H92O21.